The van der Waals surface area contributed by atoms with Crippen LogP contribution >= 0.6 is 0 Å². The molecule has 6 heteroatoms. The van der Waals surface area contributed by atoms with Crippen LogP contribution < -0.4 is 5.32 Å². The molecule has 404 valence electrons. The van der Waals surface area contributed by atoms with Gasteiger partial charge in [-0.15, -0.1) is 0 Å². The molecule has 0 fully saturated rings. The van der Waals surface area contributed by atoms with Crippen LogP contribution in [0, 0.1) is 0 Å². The highest BCUT2D eigenvalue weighted by Crippen LogP contribution is 2.18. The van der Waals surface area contributed by atoms with E-state index in [1.54, 1.807) is 0 Å². The quantitative estimate of drug-likeness (QED) is 0.0321. The number of hydrogen-bond acceptors (Lipinski definition) is 5. The van der Waals surface area contributed by atoms with Crippen LogP contribution in [0.4, 0.5) is 0 Å². The van der Waals surface area contributed by atoms with Crippen molar-refractivity contribution in [3.05, 3.63) is 12.2 Å². The first-order chi connectivity index (χ1) is 33.5. The minimum Gasteiger partial charge on any atom is -0.466 e. The van der Waals surface area contributed by atoms with Crippen molar-refractivity contribution in [1.82, 2.24) is 5.32 Å². The fourth-order valence-electron chi connectivity index (χ4n) is 9.81. The molecule has 0 aromatic rings. The van der Waals surface area contributed by atoms with E-state index in [0.717, 1.165) is 64.2 Å². The summed E-state index contributed by atoms with van der Waals surface area (Å²) < 4.78 is 5.47. The Bertz CT molecular complexity index is 1020. The average molecular weight is 961 g/mol. The van der Waals surface area contributed by atoms with Crippen molar-refractivity contribution in [2.45, 2.75) is 360 Å². The van der Waals surface area contributed by atoms with Crippen molar-refractivity contribution < 1.29 is 24.5 Å². The molecule has 0 radical (unpaired) electrons. The van der Waals surface area contributed by atoms with Crippen LogP contribution in [0.15, 0.2) is 12.2 Å². The average Bonchev–Trinajstić information content (AvgIpc) is 3.34. The van der Waals surface area contributed by atoms with E-state index in [2.05, 4.69) is 31.3 Å². The standard InChI is InChI=1S/C62H121NO5/c1-3-5-7-9-11-13-15-17-18-19-20-21-22-23-24-27-31-34-38-42-46-50-54-60(65)59(58-64)63-61(66)55-51-47-43-39-35-32-28-25-26-29-33-37-41-45-49-53-57-68-62(67)56-52-48-44-40-36-30-16-14-12-10-8-6-4-2/h25,28,59-60,64-65H,3-24,26-27,29-58H2,1-2H3,(H,63,66)/b28-25-. The largest absolute Gasteiger partial charge is 0.466 e. The molecule has 0 aliphatic heterocycles. The van der Waals surface area contributed by atoms with Gasteiger partial charge in [0.1, 0.15) is 0 Å². The highest BCUT2D eigenvalue weighted by molar-refractivity contribution is 5.76. The first-order valence-electron chi connectivity index (χ1n) is 30.9. The zero-order chi connectivity index (χ0) is 49.3. The number of nitrogens with one attached hydrogen (secondary N) is 1. The molecule has 68 heavy (non-hydrogen) atoms. The van der Waals surface area contributed by atoms with E-state index in [4.69, 9.17) is 4.74 Å². The summed E-state index contributed by atoms with van der Waals surface area (Å²) in [5.74, 6) is -0.0483. The minimum absolute atomic E-state index is 0.000260. The third kappa shape index (κ3) is 53.9. The number of carbonyl (C=O) groups is 2. The molecule has 0 bridgehead atoms. The van der Waals surface area contributed by atoms with Gasteiger partial charge in [-0.3, -0.25) is 9.59 Å². The summed E-state index contributed by atoms with van der Waals surface area (Å²) in [5, 5.41) is 23.4. The van der Waals surface area contributed by atoms with E-state index in [0.29, 0.717) is 25.9 Å². The number of ether oxygens (including phenoxy) is 1. The topological polar surface area (TPSA) is 95.9 Å². The second-order valence-corrected chi connectivity index (χ2v) is 21.4. The predicted octanol–water partition coefficient (Wildman–Crippen LogP) is 19.2. The molecule has 0 aliphatic rings. The molecule has 0 heterocycles. The third-order valence-corrected chi connectivity index (χ3v) is 14.6. The number of allylic oxidation sites excluding steroid dienone is 2. The fourth-order valence-corrected chi connectivity index (χ4v) is 9.81. The van der Waals surface area contributed by atoms with Crippen molar-refractivity contribution >= 4 is 11.9 Å². The van der Waals surface area contributed by atoms with Gasteiger partial charge in [0.05, 0.1) is 25.4 Å². The Morgan fingerprint density at radius 1 is 0.397 bits per heavy atom. The lowest BCUT2D eigenvalue weighted by molar-refractivity contribution is -0.143. The van der Waals surface area contributed by atoms with Gasteiger partial charge in [0, 0.05) is 12.8 Å². The molecule has 0 aromatic carbocycles. The van der Waals surface area contributed by atoms with E-state index < -0.39 is 12.1 Å². The summed E-state index contributed by atoms with van der Waals surface area (Å²) in [6.07, 6.45) is 69.3. The number of amides is 1. The molecule has 0 saturated heterocycles. The summed E-state index contributed by atoms with van der Waals surface area (Å²) in [6.45, 7) is 4.96. The molecule has 0 spiro atoms. The lowest BCUT2D eigenvalue weighted by Gasteiger charge is -2.22. The molecule has 0 aromatic heterocycles. The Morgan fingerprint density at radius 2 is 0.691 bits per heavy atom. The first-order valence-corrected chi connectivity index (χ1v) is 30.9. The zero-order valence-electron chi connectivity index (χ0n) is 46.1. The third-order valence-electron chi connectivity index (χ3n) is 14.6. The van der Waals surface area contributed by atoms with Crippen molar-refractivity contribution in [2.75, 3.05) is 13.2 Å². The Hall–Kier alpha value is -1.40. The highest BCUT2D eigenvalue weighted by atomic mass is 16.5. The van der Waals surface area contributed by atoms with Crippen molar-refractivity contribution in [2.24, 2.45) is 0 Å². The Balaban J connectivity index is 3.45. The van der Waals surface area contributed by atoms with E-state index in [9.17, 15) is 19.8 Å². The van der Waals surface area contributed by atoms with Gasteiger partial charge in [0.15, 0.2) is 0 Å². The van der Waals surface area contributed by atoms with E-state index in [1.807, 2.05) is 0 Å². The van der Waals surface area contributed by atoms with Crippen molar-refractivity contribution in [3.63, 3.8) is 0 Å². The van der Waals surface area contributed by atoms with Crippen LogP contribution in [-0.4, -0.2) is 47.4 Å². The van der Waals surface area contributed by atoms with E-state index in [1.165, 1.54) is 250 Å². The maximum atomic E-state index is 12.5. The fraction of sp³-hybridized carbons (Fsp3) is 0.935. The van der Waals surface area contributed by atoms with E-state index in [-0.39, 0.29) is 18.5 Å². The second kappa shape index (κ2) is 58.2. The molecule has 0 rings (SSSR count). The molecule has 0 aliphatic carbocycles. The van der Waals surface area contributed by atoms with Gasteiger partial charge in [-0.25, -0.2) is 0 Å². The summed E-state index contributed by atoms with van der Waals surface area (Å²) in [5.41, 5.74) is 0. The van der Waals surface area contributed by atoms with Gasteiger partial charge in [-0.1, -0.05) is 296 Å². The van der Waals surface area contributed by atoms with Crippen LogP contribution in [-0.2, 0) is 14.3 Å². The van der Waals surface area contributed by atoms with Gasteiger partial charge in [-0.05, 0) is 51.4 Å². The summed E-state index contributed by atoms with van der Waals surface area (Å²) in [4.78, 5) is 24.5. The number of aliphatic hydroxyl groups is 2. The van der Waals surface area contributed by atoms with Crippen molar-refractivity contribution in [3.8, 4) is 0 Å². The van der Waals surface area contributed by atoms with Gasteiger partial charge >= 0.3 is 5.97 Å². The Kier molecular flexibility index (Phi) is 57.0. The van der Waals surface area contributed by atoms with Crippen molar-refractivity contribution in [1.29, 1.82) is 0 Å². The van der Waals surface area contributed by atoms with Crippen LogP contribution in [0.5, 0.6) is 0 Å². The normalized spacial score (nSPS) is 12.6. The van der Waals surface area contributed by atoms with Gasteiger partial charge in [-0.2, -0.15) is 0 Å². The predicted molar refractivity (Wildman–Crippen MR) is 297 cm³/mol. The maximum Gasteiger partial charge on any atom is 0.305 e. The molecule has 2 unspecified atom stereocenters. The SMILES string of the molecule is CCCCCCCCCCCCCCCCCCCCCCCCC(O)C(CO)NC(=O)CCCCCCC/C=C\CCCCCCCCCOC(=O)CCCCCCCCCCCCCCC. The summed E-state index contributed by atoms with van der Waals surface area (Å²) in [6, 6.07) is -0.554. The first kappa shape index (κ1) is 66.6. The molecule has 3 N–H and O–H groups in total. The minimum atomic E-state index is -0.675. The summed E-state index contributed by atoms with van der Waals surface area (Å²) >= 11 is 0. The maximum absolute atomic E-state index is 12.5. The monoisotopic (exact) mass is 960 g/mol. The number of carbonyl (C=O) groups excluding carboxylic acids is 2. The zero-order valence-corrected chi connectivity index (χ0v) is 46.1. The Morgan fingerprint density at radius 3 is 1.04 bits per heavy atom. The van der Waals surface area contributed by atoms with E-state index >= 15 is 0 Å². The lowest BCUT2D eigenvalue weighted by atomic mass is 10.0. The second-order valence-electron chi connectivity index (χ2n) is 21.4. The molecule has 1 amide bonds. The number of rotatable bonds is 58. The molecular weight excluding hydrogens is 839 g/mol. The number of hydrogen-bond donors (Lipinski definition) is 3. The lowest BCUT2D eigenvalue weighted by Crippen LogP contribution is -2.45. The molecular formula is C62H121NO5. The number of esters is 1. The van der Waals surface area contributed by atoms with Gasteiger partial charge in [0.25, 0.3) is 0 Å². The van der Waals surface area contributed by atoms with Gasteiger partial charge in [0.2, 0.25) is 5.91 Å². The van der Waals surface area contributed by atoms with Crippen LogP contribution in [0.3, 0.4) is 0 Å². The highest BCUT2D eigenvalue weighted by Gasteiger charge is 2.20. The molecule has 0 saturated carbocycles. The Labute approximate surface area is 425 Å². The summed E-state index contributed by atoms with van der Waals surface area (Å²) in [7, 11) is 0. The number of unbranched alkanes of at least 4 members (excludes halogenated alkanes) is 45. The molecule has 6 nitrogen and oxygen atoms in total. The smallest absolute Gasteiger partial charge is 0.305 e. The molecule has 2 atom stereocenters. The number of aliphatic hydroxyl groups excluding tert-OH is 2. The van der Waals surface area contributed by atoms with Crippen LogP contribution in [0.25, 0.3) is 0 Å². The van der Waals surface area contributed by atoms with Crippen LogP contribution in [0.1, 0.15) is 348 Å². The van der Waals surface area contributed by atoms with Gasteiger partial charge < -0.3 is 20.3 Å². The van der Waals surface area contributed by atoms with Crippen LogP contribution in [0.2, 0.25) is 0 Å².